The van der Waals surface area contributed by atoms with Crippen LogP contribution in [-0.4, -0.2) is 70.1 Å². The number of nitrogens with one attached hydrogen (secondary N) is 1. The van der Waals surface area contributed by atoms with Gasteiger partial charge in [0, 0.05) is 38.4 Å². The summed E-state index contributed by atoms with van der Waals surface area (Å²) in [4.78, 5) is 13.6. The largest absolute Gasteiger partial charge is 0.378 e. The van der Waals surface area contributed by atoms with Crippen molar-refractivity contribution in [3.63, 3.8) is 0 Å². The topological polar surface area (TPSA) is 75.7 Å². The van der Waals surface area contributed by atoms with Gasteiger partial charge in [-0.2, -0.15) is 0 Å². The molecule has 0 bridgehead atoms. The number of nitrogens with zero attached hydrogens (tertiary/aromatic N) is 1. The van der Waals surface area contributed by atoms with Crippen molar-refractivity contribution < 1.29 is 17.9 Å². The van der Waals surface area contributed by atoms with E-state index in [0.717, 1.165) is 0 Å². The zero-order chi connectivity index (χ0) is 13.6. The highest BCUT2D eigenvalue weighted by Gasteiger charge is 2.16. The molecule has 7 heteroatoms. The summed E-state index contributed by atoms with van der Waals surface area (Å²) in [5.74, 6) is 0.191. The smallest absolute Gasteiger partial charge is 0.224 e. The summed E-state index contributed by atoms with van der Waals surface area (Å²) in [5.41, 5.74) is 0. The molecule has 1 aliphatic heterocycles. The first-order valence-corrected chi connectivity index (χ1v) is 8.21. The summed E-state index contributed by atoms with van der Waals surface area (Å²) in [6.45, 7) is 4.82. The van der Waals surface area contributed by atoms with E-state index in [1.807, 2.05) is 0 Å². The van der Waals surface area contributed by atoms with Crippen molar-refractivity contribution in [2.75, 3.05) is 44.9 Å². The van der Waals surface area contributed by atoms with Gasteiger partial charge in [0.05, 0.1) is 19.0 Å². The third-order valence-corrected chi connectivity index (χ3v) is 3.85. The number of hydrogen-bond acceptors (Lipinski definition) is 5. The lowest BCUT2D eigenvalue weighted by atomic mass is 10.3. The van der Waals surface area contributed by atoms with Gasteiger partial charge in [-0.3, -0.25) is 4.79 Å². The lowest BCUT2D eigenvalue weighted by molar-refractivity contribution is -0.135. The van der Waals surface area contributed by atoms with Crippen LogP contribution in [0.1, 0.15) is 13.3 Å². The third-order valence-electron chi connectivity index (χ3n) is 2.75. The molecule has 1 amide bonds. The molecule has 1 heterocycles. The highest BCUT2D eigenvalue weighted by molar-refractivity contribution is 7.90. The minimum Gasteiger partial charge on any atom is -0.378 e. The normalized spacial score (nSPS) is 18.7. The van der Waals surface area contributed by atoms with E-state index in [1.165, 1.54) is 6.26 Å². The Morgan fingerprint density at radius 2 is 2.00 bits per heavy atom. The van der Waals surface area contributed by atoms with Crippen LogP contribution in [0, 0.1) is 0 Å². The molecule has 1 N–H and O–H groups in total. The average molecular weight is 278 g/mol. The summed E-state index contributed by atoms with van der Waals surface area (Å²) < 4.78 is 27.3. The predicted molar refractivity (Wildman–Crippen MR) is 69.2 cm³/mol. The van der Waals surface area contributed by atoms with Gasteiger partial charge < -0.3 is 15.0 Å². The third kappa shape index (κ3) is 6.32. The predicted octanol–water partition coefficient (Wildman–Crippen LogP) is -0.742. The van der Waals surface area contributed by atoms with E-state index in [2.05, 4.69) is 5.32 Å². The van der Waals surface area contributed by atoms with E-state index in [0.29, 0.717) is 39.3 Å². The Bertz CT molecular complexity index is 363. The number of ether oxygens (including phenoxy) is 1. The minimum absolute atomic E-state index is 0.0948. The fourth-order valence-corrected chi connectivity index (χ4v) is 2.94. The lowest BCUT2D eigenvalue weighted by Gasteiger charge is -2.27. The summed E-state index contributed by atoms with van der Waals surface area (Å²) in [6, 6.07) is -0.127. The van der Waals surface area contributed by atoms with Crippen LogP contribution < -0.4 is 5.32 Å². The number of morpholine rings is 1. The number of carbonyl (C=O) groups is 1. The summed E-state index contributed by atoms with van der Waals surface area (Å²) >= 11 is 0. The molecule has 0 spiro atoms. The van der Waals surface area contributed by atoms with E-state index >= 15 is 0 Å². The summed E-state index contributed by atoms with van der Waals surface area (Å²) in [7, 11) is -2.97. The van der Waals surface area contributed by atoms with Crippen LogP contribution in [-0.2, 0) is 19.4 Å². The highest BCUT2D eigenvalue weighted by Crippen LogP contribution is 2.00. The maximum Gasteiger partial charge on any atom is 0.224 e. The van der Waals surface area contributed by atoms with Crippen LogP contribution in [0.25, 0.3) is 0 Å². The number of hydrogen-bond donors (Lipinski definition) is 1. The lowest BCUT2D eigenvalue weighted by Crippen LogP contribution is -2.42. The second-order valence-electron chi connectivity index (χ2n) is 4.69. The molecule has 18 heavy (non-hydrogen) atoms. The molecule has 0 aromatic rings. The van der Waals surface area contributed by atoms with Crippen molar-refractivity contribution in [1.82, 2.24) is 10.2 Å². The molecule has 1 aliphatic rings. The van der Waals surface area contributed by atoms with Gasteiger partial charge in [-0.1, -0.05) is 0 Å². The molecule has 0 aliphatic carbocycles. The van der Waals surface area contributed by atoms with Crippen LogP contribution in [0.2, 0.25) is 0 Å². The number of carbonyl (C=O) groups excluding carboxylic acids is 1. The van der Waals surface area contributed by atoms with E-state index in [-0.39, 0.29) is 17.7 Å². The van der Waals surface area contributed by atoms with Crippen molar-refractivity contribution in [2.45, 2.75) is 19.4 Å². The van der Waals surface area contributed by atoms with Crippen LogP contribution >= 0.6 is 0 Å². The number of amides is 1. The van der Waals surface area contributed by atoms with Gasteiger partial charge in [-0.05, 0) is 6.92 Å². The van der Waals surface area contributed by atoms with Crippen LogP contribution in [0.3, 0.4) is 0 Å². The Morgan fingerprint density at radius 3 is 2.56 bits per heavy atom. The van der Waals surface area contributed by atoms with Gasteiger partial charge >= 0.3 is 0 Å². The SMILES string of the molecule is CC(CS(C)(=O)=O)NCCC(=O)N1CCOCC1. The number of rotatable bonds is 6. The van der Waals surface area contributed by atoms with Crippen molar-refractivity contribution >= 4 is 15.7 Å². The first-order chi connectivity index (χ1) is 8.38. The van der Waals surface area contributed by atoms with Gasteiger partial charge in [0.25, 0.3) is 0 Å². The first-order valence-electron chi connectivity index (χ1n) is 6.15. The zero-order valence-electron chi connectivity index (χ0n) is 11.0. The molecule has 1 fully saturated rings. The molecule has 0 saturated carbocycles. The van der Waals surface area contributed by atoms with E-state index < -0.39 is 9.84 Å². The fourth-order valence-electron chi connectivity index (χ4n) is 1.91. The maximum absolute atomic E-state index is 11.8. The van der Waals surface area contributed by atoms with E-state index in [4.69, 9.17) is 4.74 Å². The fraction of sp³-hybridized carbons (Fsp3) is 0.909. The Balaban J connectivity index is 2.18. The average Bonchev–Trinajstić information content (AvgIpc) is 2.27. The van der Waals surface area contributed by atoms with Gasteiger partial charge in [-0.25, -0.2) is 8.42 Å². The Morgan fingerprint density at radius 1 is 1.39 bits per heavy atom. The van der Waals surface area contributed by atoms with Gasteiger partial charge in [0.1, 0.15) is 9.84 Å². The van der Waals surface area contributed by atoms with Gasteiger partial charge in [-0.15, -0.1) is 0 Å². The Kier molecular flexibility index (Phi) is 6.04. The molecule has 6 nitrogen and oxygen atoms in total. The molecular formula is C11H22N2O4S. The second kappa shape index (κ2) is 7.06. The van der Waals surface area contributed by atoms with Gasteiger partial charge in [0.2, 0.25) is 5.91 Å². The monoisotopic (exact) mass is 278 g/mol. The molecule has 0 aromatic carbocycles. The maximum atomic E-state index is 11.8. The van der Waals surface area contributed by atoms with Crippen molar-refractivity contribution in [2.24, 2.45) is 0 Å². The Hall–Kier alpha value is -0.660. The van der Waals surface area contributed by atoms with Crippen molar-refractivity contribution in [1.29, 1.82) is 0 Å². The minimum atomic E-state index is -2.97. The van der Waals surface area contributed by atoms with Crippen LogP contribution in [0.5, 0.6) is 0 Å². The molecule has 1 rings (SSSR count). The first kappa shape index (κ1) is 15.4. The van der Waals surface area contributed by atoms with Gasteiger partial charge in [0.15, 0.2) is 0 Å². The summed E-state index contributed by atoms with van der Waals surface area (Å²) in [5, 5.41) is 3.05. The zero-order valence-corrected chi connectivity index (χ0v) is 11.8. The van der Waals surface area contributed by atoms with E-state index in [9.17, 15) is 13.2 Å². The number of sulfone groups is 1. The van der Waals surface area contributed by atoms with Crippen molar-refractivity contribution in [3.05, 3.63) is 0 Å². The highest BCUT2D eigenvalue weighted by atomic mass is 32.2. The van der Waals surface area contributed by atoms with Crippen LogP contribution in [0.4, 0.5) is 0 Å². The molecule has 106 valence electrons. The molecule has 1 unspecified atom stereocenters. The second-order valence-corrected chi connectivity index (χ2v) is 6.88. The van der Waals surface area contributed by atoms with Crippen LogP contribution in [0.15, 0.2) is 0 Å². The Labute approximate surface area is 109 Å². The quantitative estimate of drug-likeness (QED) is 0.692. The molecule has 1 saturated heterocycles. The summed E-state index contributed by atoms with van der Waals surface area (Å²) in [6.07, 6.45) is 1.61. The standard InChI is InChI=1S/C11H22N2O4S/c1-10(9-18(2,15)16)12-4-3-11(14)13-5-7-17-8-6-13/h10,12H,3-9H2,1-2H3. The molecule has 0 radical (unpaired) electrons. The molecule has 1 atom stereocenters. The molecular weight excluding hydrogens is 256 g/mol. The molecule has 0 aromatic heterocycles. The van der Waals surface area contributed by atoms with Crippen molar-refractivity contribution in [3.8, 4) is 0 Å². The van der Waals surface area contributed by atoms with E-state index in [1.54, 1.807) is 11.8 Å².